The summed E-state index contributed by atoms with van der Waals surface area (Å²) in [6, 6.07) is 23.9. The number of non-ortho nitro benzene ring substituents is 1. The van der Waals surface area contributed by atoms with Gasteiger partial charge in [0.1, 0.15) is 11.1 Å². The zero-order valence-electron chi connectivity index (χ0n) is 18.4. The number of nitro groups is 1. The number of nitriles is 1. The van der Waals surface area contributed by atoms with Gasteiger partial charge in [0.15, 0.2) is 0 Å². The van der Waals surface area contributed by atoms with Crippen molar-refractivity contribution in [3.8, 4) is 28.5 Å². The molecule has 0 atom stereocenters. The van der Waals surface area contributed by atoms with E-state index in [0.717, 1.165) is 17.3 Å². The number of hydrogen-bond acceptors (Lipinski definition) is 6. The lowest BCUT2D eigenvalue weighted by molar-refractivity contribution is -0.384. The predicted octanol–water partition coefficient (Wildman–Crippen LogP) is 7.23. The molecule has 4 rings (SSSR count). The number of nitrogens with one attached hydrogen (secondary N) is 1. The normalized spacial score (nSPS) is 10.5. The lowest BCUT2D eigenvalue weighted by Gasteiger charge is -2.13. The van der Waals surface area contributed by atoms with Crippen molar-refractivity contribution < 1.29 is 9.72 Å². The van der Waals surface area contributed by atoms with Crippen LogP contribution in [0.2, 0.25) is 10.0 Å². The van der Waals surface area contributed by atoms with Gasteiger partial charge in [-0.15, -0.1) is 0 Å². The fourth-order valence-corrected chi connectivity index (χ4v) is 4.59. The third-order valence-electron chi connectivity index (χ3n) is 5.08. The van der Waals surface area contributed by atoms with Crippen LogP contribution in [0.1, 0.15) is 5.56 Å². The van der Waals surface area contributed by atoms with Crippen LogP contribution in [0.25, 0.3) is 22.4 Å². The highest BCUT2D eigenvalue weighted by atomic mass is 35.5. The van der Waals surface area contributed by atoms with Crippen LogP contribution in [-0.2, 0) is 4.79 Å². The first-order valence-electron chi connectivity index (χ1n) is 10.5. The first-order chi connectivity index (χ1) is 17.4. The van der Waals surface area contributed by atoms with Crippen molar-refractivity contribution in [1.82, 2.24) is 4.98 Å². The van der Waals surface area contributed by atoms with Gasteiger partial charge in [-0.1, -0.05) is 71.4 Å². The van der Waals surface area contributed by atoms with E-state index in [0.29, 0.717) is 37.6 Å². The van der Waals surface area contributed by atoms with Crippen molar-refractivity contribution >= 4 is 52.2 Å². The van der Waals surface area contributed by atoms with Crippen LogP contribution in [0.15, 0.2) is 83.9 Å². The van der Waals surface area contributed by atoms with E-state index in [9.17, 15) is 20.2 Å². The summed E-state index contributed by atoms with van der Waals surface area (Å²) < 4.78 is 0. The lowest BCUT2D eigenvalue weighted by atomic mass is 9.99. The average Bonchev–Trinajstić information content (AvgIpc) is 2.88. The molecule has 1 heterocycles. The Balaban J connectivity index is 1.68. The number of anilines is 1. The molecule has 178 valence electrons. The minimum absolute atomic E-state index is 0.0730. The standard InChI is InChI=1S/C26H16Cl2N4O3S/c27-17-10-8-16(9-11-17)24-13-21(20-6-1-2-7-23(20)28)22(14-29)26(31-24)36-15-25(33)30-18-4-3-5-19(12-18)32(34)35/h1-13H,15H2,(H,30,33). The molecule has 1 amide bonds. The first kappa shape index (κ1) is 25.2. The highest BCUT2D eigenvalue weighted by Crippen LogP contribution is 2.37. The van der Waals surface area contributed by atoms with E-state index in [4.69, 9.17) is 23.2 Å². The van der Waals surface area contributed by atoms with Gasteiger partial charge in [-0.25, -0.2) is 4.98 Å². The molecule has 0 spiro atoms. The van der Waals surface area contributed by atoms with Crippen LogP contribution in [0, 0.1) is 21.4 Å². The fraction of sp³-hybridized carbons (Fsp3) is 0.0385. The van der Waals surface area contributed by atoms with Gasteiger partial charge in [-0.05, 0) is 30.3 Å². The maximum Gasteiger partial charge on any atom is 0.271 e. The summed E-state index contributed by atoms with van der Waals surface area (Å²) in [7, 11) is 0. The quantitative estimate of drug-likeness (QED) is 0.152. The highest BCUT2D eigenvalue weighted by molar-refractivity contribution is 8.00. The average molecular weight is 535 g/mol. The summed E-state index contributed by atoms with van der Waals surface area (Å²) in [6.07, 6.45) is 0. The SMILES string of the molecule is N#Cc1c(-c2ccccc2Cl)cc(-c2ccc(Cl)cc2)nc1SCC(=O)Nc1cccc([N+](=O)[O-])c1. The number of pyridine rings is 1. The topological polar surface area (TPSA) is 109 Å². The predicted molar refractivity (Wildman–Crippen MR) is 142 cm³/mol. The second-order valence-corrected chi connectivity index (χ2v) is 9.29. The number of benzene rings is 3. The number of carbonyl (C=O) groups is 1. The smallest absolute Gasteiger partial charge is 0.271 e. The summed E-state index contributed by atoms with van der Waals surface area (Å²) >= 11 is 13.6. The van der Waals surface area contributed by atoms with E-state index in [1.807, 2.05) is 24.3 Å². The summed E-state index contributed by atoms with van der Waals surface area (Å²) in [4.78, 5) is 27.7. The molecular formula is C26H16Cl2N4O3S. The molecule has 0 saturated carbocycles. The third-order valence-corrected chi connectivity index (χ3v) is 6.64. The van der Waals surface area contributed by atoms with E-state index < -0.39 is 10.8 Å². The number of hydrogen-bond donors (Lipinski definition) is 1. The Bertz CT molecular complexity index is 1500. The minimum Gasteiger partial charge on any atom is -0.325 e. The lowest BCUT2D eigenvalue weighted by Crippen LogP contribution is -2.14. The molecule has 10 heteroatoms. The van der Waals surface area contributed by atoms with Crippen LogP contribution in [-0.4, -0.2) is 21.6 Å². The Labute approximate surface area is 220 Å². The van der Waals surface area contributed by atoms with Gasteiger partial charge in [-0.2, -0.15) is 5.26 Å². The Morgan fingerprint density at radius 2 is 1.78 bits per heavy atom. The maximum absolute atomic E-state index is 12.6. The van der Waals surface area contributed by atoms with Gasteiger partial charge >= 0.3 is 0 Å². The van der Waals surface area contributed by atoms with Crippen molar-refractivity contribution in [1.29, 1.82) is 5.26 Å². The van der Waals surface area contributed by atoms with Gasteiger partial charge in [0.25, 0.3) is 5.69 Å². The molecule has 0 fully saturated rings. The summed E-state index contributed by atoms with van der Waals surface area (Å²) in [5.41, 5.74) is 3.07. The van der Waals surface area contributed by atoms with Crippen LogP contribution < -0.4 is 5.32 Å². The molecule has 0 bridgehead atoms. The molecule has 0 aliphatic rings. The Morgan fingerprint density at radius 1 is 1.03 bits per heavy atom. The third kappa shape index (κ3) is 5.83. The molecule has 0 aliphatic heterocycles. The van der Waals surface area contributed by atoms with E-state index in [1.54, 1.807) is 36.4 Å². The number of thioether (sulfide) groups is 1. The van der Waals surface area contributed by atoms with Crippen molar-refractivity contribution in [2.24, 2.45) is 0 Å². The fourth-order valence-electron chi connectivity index (χ4n) is 3.42. The van der Waals surface area contributed by atoms with Gasteiger partial charge < -0.3 is 5.32 Å². The Morgan fingerprint density at radius 3 is 2.47 bits per heavy atom. The van der Waals surface area contributed by atoms with E-state index in [2.05, 4.69) is 16.4 Å². The number of halogens is 2. The van der Waals surface area contributed by atoms with Crippen LogP contribution >= 0.6 is 35.0 Å². The van der Waals surface area contributed by atoms with Crippen LogP contribution in [0.5, 0.6) is 0 Å². The van der Waals surface area contributed by atoms with Crippen LogP contribution in [0.3, 0.4) is 0 Å². The van der Waals surface area contributed by atoms with E-state index in [-0.39, 0.29) is 17.0 Å². The molecule has 0 saturated heterocycles. The Hall–Kier alpha value is -3.90. The van der Waals surface area contributed by atoms with Crippen molar-refractivity contribution in [3.63, 3.8) is 0 Å². The Kier molecular flexibility index (Phi) is 7.86. The van der Waals surface area contributed by atoms with Gasteiger partial charge in [0.2, 0.25) is 5.91 Å². The molecule has 1 N–H and O–H groups in total. The van der Waals surface area contributed by atoms with Gasteiger partial charge in [0, 0.05) is 44.6 Å². The van der Waals surface area contributed by atoms with Crippen molar-refractivity contribution in [3.05, 3.63) is 105 Å². The molecule has 0 unspecified atom stereocenters. The molecule has 1 aromatic heterocycles. The maximum atomic E-state index is 12.6. The number of rotatable bonds is 7. The molecule has 7 nitrogen and oxygen atoms in total. The molecule has 4 aromatic rings. The van der Waals surface area contributed by atoms with E-state index in [1.165, 1.54) is 18.2 Å². The monoisotopic (exact) mass is 534 g/mol. The van der Waals surface area contributed by atoms with Crippen LogP contribution in [0.4, 0.5) is 11.4 Å². The number of nitro benzene ring substituents is 1. The summed E-state index contributed by atoms with van der Waals surface area (Å²) in [5, 5.41) is 25.0. The number of nitrogens with zero attached hydrogens (tertiary/aromatic N) is 3. The molecule has 0 aliphatic carbocycles. The minimum atomic E-state index is -0.536. The first-order valence-corrected chi connectivity index (χ1v) is 12.2. The molecule has 3 aromatic carbocycles. The second-order valence-electron chi connectivity index (χ2n) is 7.48. The molecule has 36 heavy (non-hydrogen) atoms. The van der Waals surface area contributed by atoms with Crippen molar-refractivity contribution in [2.75, 3.05) is 11.1 Å². The largest absolute Gasteiger partial charge is 0.325 e. The zero-order valence-corrected chi connectivity index (χ0v) is 20.8. The second kappa shape index (κ2) is 11.2. The molecular weight excluding hydrogens is 519 g/mol. The summed E-state index contributed by atoms with van der Waals surface area (Å²) in [5.74, 6) is -0.474. The zero-order chi connectivity index (χ0) is 25.7. The highest BCUT2D eigenvalue weighted by Gasteiger charge is 2.19. The van der Waals surface area contributed by atoms with E-state index >= 15 is 0 Å². The summed E-state index contributed by atoms with van der Waals surface area (Å²) in [6.45, 7) is 0. The van der Waals surface area contributed by atoms with Gasteiger partial charge in [0.05, 0.1) is 21.9 Å². The number of aromatic nitrogens is 1. The number of amides is 1. The van der Waals surface area contributed by atoms with Gasteiger partial charge in [-0.3, -0.25) is 14.9 Å². The van der Waals surface area contributed by atoms with Crippen molar-refractivity contribution in [2.45, 2.75) is 5.03 Å². The number of carbonyl (C=O) groups excluding carboxylic acids is 1. The molecule has 0 radical (unpaired) electrons.